The molecule has 1 N–H and O–H groups in total. The number of piperidine rings is 1. The third kappa shape index (κ3) is 2.83. The van der Waals surface area contributed by atoms with Crippen molar-refractivity contribution < 1.29 is 8.42 Å². The molecule has 5 heteroatoms. The molecule has 100 valence electrons. The predicted octanol–water partition coefficient (Wildman–Crippen LogP) is 0.638. The Labute approximate surface area is 105 Å². The number of hydrogen-bond donors (Lipinski definition) is 1. The standard InChI is InChI=1S/C12H24N2O2S/c1-11-12(5-3-7-13-11)6-4-8-14(12)9-10-17(2,15)16/h11,13H,3-10H2,1-2H3. The van der Waals surface area contributed by atoms with E-state index in [0.29, 0.717) is 18.3 Å². The third-order valence-electron chi connectivity index (χ3n) is 4.44. The van der Waals surface area contributed by atoms with Crippen LogP contribution in [0.5, 0.6) is 0 Å². The Kier molecular flexibility index (Phi) is 3.80. The van der Waals surface area contributed by atoms with Crippen LogP contribution in [0.2, 0.25) is 0 Å². The van der Waals surface area contributed by atoms with Crippen molar-refractivity contribution in [2.24, 2.45) is 0 Å². The Morgan fingerprint density at radius 2 is 2.06 bits per heavy atom. The second-order valence-electron chi connectivity index (χ2n) is 5.60. The van der Waals surface area contributed by atoms with Crippen molar-refractivity contribution in [3.05, 3.63) is 0 Å². The van der Waals surface area contributed by atoms with E-state index in [2.05, 4.69) is 17.1 Å². The van der Waals surface area contributed by atoms with Gasteiger partial charge < -0.3 is 5.32 Å². The van der Waals surface area contributed by atoms with Crippen molar-refractivity contribution in [2.45, 2.75) is 44.2 Å². The Bertz CT molecular complexity index is 369. The van der Waals surface area contributed by atoms with Crippen LogP contribution in [0.25, 0.3) is 0 Å². The van der Waals surface area contributed by atoms with Gasteiger partial charge in [-0.1, -0.05) is 0 Å². The molecule has 2 aliphatic heterocycles. The first kappa shape index (κ1) is 13.3. The van der Waals surface area contributed by atoms with E-state index >= 15 is 0 Å². The van der Waals surface area contributed by atoms with E-state index in [0.717, 1.165) is 13.1 Å². The number of nitrogens with one attached hydrogen (secondary N) is 1. The minimum absolute atomic E-state index is 0.225. The number of rotatable bonds is 3. The highest BCUT2D eigenvalue weighted by atomic mass is 32.2. The topological polar surface area (TPSA) is 49.4 Å². The van der Waals surface area contributed by atoms with Crippen LogP contribution in [0.4, 0.5) is 0 Å². The molecule has 0 aromatic rings. The Hall–Kier alpha value is -0.130. The lowest BCUT2D eigenvalue weighted by Crippen LogP contribution is -2.60. The molecule has 2 rings (SSSR count). The first-order valence-corrected chi connectivity index (χ1v) is 8.66. The minimum Gasteiger partial charge on any atom is -0.312 e. The lowest BCUT2D eigenvalue weighted by atomic mass is 9.81. The van der Waals surface area contributed by atoms with Gasteiger partial charge in [0.25, 0.3) is 0 Å². The van der Waals surface area contributed by atoms with E-state index in [-0.39, 0.29) is 5.54 Å². The summed E-state index contributed by atoms with van der Waals surface area (Å²) >= 11 is 0. The first-order valence-electron chi connectivity index (χ1n) is 6.60. The maximum absolute atomic E-state index is 11.3. The van der Waals surface area contributed by atoms with Crippen molar-refractivity contribution in [2.75, 3.05) is 31.6 Å². The molecule has 1 spiro atoms. The lowest BCUT2D eigenvalue weighted by Gasteiger charge is -2.47. The SMILES string of the molecule is CC1NCCCC12CCCN2CCS(C)(=O)=O. The number of likely N-dealkylation sites (tertiary alicyclic amines) is 1. The average Bonchev–Trinajstić information content (AvgIpc) is 2.63. The molecule has 0 radical (unpaired) electrons. The quantitative estimate of drug-likeness (QED) is 0.809. The summed E-state index contributed by atoms with van der Waals surface area (Å²) in [6, 6.07) is 0.485. The zero-order valence-electron chi connectivity index (χ0n) is 10.9. The highest BCUT2D eigenvalue weighted by Crippen LogP contribution is 2.38. The van der Waals surface area contributed by atoms with E-state index in [1.165, 1.54) is 31.9 Å². The van der Waals surface area contributed by atoms with E-state index in [1.807, 2.05) is 0 Å². The molecule has 0 aliphatic carbocycles. The average molecular weight is 260 g/mol. The van der Waals surface area contributed by atoms with Gasteiger partial charge in [0, 0.05) is 24.4 Å². The lowest BCUT2D eigenvalue weighted by molar-refractivity contribution is 0.0734. The van der Waals surface area contributed by atoms with Crippen LogP contribution < -0.4 is 5.32 Å². The number of nitrogens with zero attached hydrogens (tertiary/aromatic N) is 1. The Balaban J connectivity index is 2.05. The summed E-state index contributed by atoms with van der Waals surface area (Å²) in [6.45, 7) is 5.10. The zero-order valence-corrected chi connectivity index (χ0v) is 11.7. The molecule has 0 amide bonds. The van der Waals surface area contributed by atoms with Gasteiger partial charge in [0.05, 0.1) is 5.75 Å². The van der Waals surface area contributed by atoms with Crippen LogP contribution >= 0.6 is 0 Å². The summed E-state index contributed by atoms with van der Waals surface area (Å²) in [5, 5.41) is 3.55. The van der Waals surface area contributed by atoms with Crippen LogP contribution in [0.3, 0.4) is 0 Å². The van der Waals surface area contributed by atoms with Crippen molar-refractivity contribution >= 4 is 9.84 Å². The fourth-order valence-electron chi connectivity index (χ4n) is 3.46. The molecular formula is C12H24N2O2S. The van der Waals surface area contributed by atoms with E-state index in [9.17, 15) is 8.42 Å². The Morgan fingerprint density at radius 1 is 1.35 bits per heavy atom. The summed E-state index contributed by atoms with van der Waals surface area (Å²) in [5.74, 6) is 0.293. The minimum atomic E-state index is -2.85. The van der Waals surface area contributed by atoms with Crippen molar-refractivity contribution in [1.82, 2.24) is 10.2 Å². The van der Waals surface area contributed by atoms with Gasteiger partial charge in [0.15, 0.2) is 0 Å². The molecule has 2 atom stereocenters. The molecule has 2 fully saturated rings. The molecule has 0 bridgehead atoms. The van der Waals surface area contributed by atoms with Crippen LogP contribution in [-0.4, -0.2) is 56.5 Å². The molecule has 0 aromatic carbocycles. The summed E-state index contributed by atoms with van der Waals surface area (Å²) < 4.78 is 22.6. The zero-order chi connectivity index (χ0) is 12.5. The van der Waals surface area contributed by atoms with Gasteiger partial charge in [-0.25, -0.2) is 8.42 Å². The van der Waals surface area contributed by atoms with E-state index < -0.39 is 9.84 Å². The molecule has 2 heterocycles. The highest BCUT2D eigenvalue weighted by Gasteiger charge is 2.45. The molecule has 17 heavy (non-hydrogen) atoms. The molecule has 2 saturated heterocycles. The van der Waals surface area contributed by atoms with Crippen LogP contribution in [0.1, 0.15) is 32.6 Å². The molecule has 0 saturated carbocycles. The molecule has 4 nitrogen and oxygen atoms in total. The van der Waals surface area contributed by atoms with Crippen LogP contribution in [0.15, 0.2) is 0 Å². The molecule has 2 aliphatic rings. The smallest absolute Gasteiger partial charge is 0.148 e. The maximum Gasteiger partial charge on any atom is 0.148 e. The molecular weight excluding hydrogens is 236 g/mol. The summed E-state index contributed by atoms with van der Waals surface area (Å²) in [7, 11) is -2.85. The molecule has 0 aromatic heterocycles. The third-order valence-corrected chi connectivity index (χ3v) is 5.37. The highest BCUT2D eigenvalue weighted by molar-refractivity contribution is 7.90. The fourth-order valence-corrected chi connectivity index (χ4v) is 4.01. The normalized spacial score (nSPS) is 35.5. The molecule has 2 unspecified atom stereocenters. The van der Waals surface area contributed by atoms with E-state index in [1.54, 1.807) is 0 Å². The second kappa shape index (κ2) is 4.86. The van der Waals surface area contributed by atoms with Gasteiger partial charge >= 0.3 is 0 Å². The van der Waals surface area contributed by atoms with Gasteiger partial charge in [0.2, 0.25) is 0 Å². The fraction of sp³-hybridized carbons (Fsp3) is 1.00. The summed E-state index contributed by atoms with van der Waals surface area (Å²) in [6.07, 6.45) is 6.17. The van der Waals surface area contributed by atoms with Gasteiger partial charge in [-0.2, -0.15) is 0 Å². The maximum atomic E-state index is 11.3. The van der Waals surface area contributed by atoms with Crippen molar-refractivity contribution in [3.8, 4) is 0 Å². The van der Waals surface area contributed by atoms with Gasteiger partial charge in [-0.05, 0) is 45.7 Å². The first-order chi connectivity index (χ1) is 7.94. The largest absolute Gasteiger partial charge is 0.312 e. The van der Waals surface area contributed by atoms with Crippen molar-refractivity contribution in [1.29, 1.82) is 0 Å². The Morgan fingerprint density at radius 3 is 2.71 bits per heavy atom. The van der Waals surface area contributed by atoms with Crippen LogP contribution in [-0.2, 0) is 9.84 Å². The second-order valence-corrected chi connectivity index (χ2v) is 7.86. The number of sulfone groups is 1. The van der Waals surface area contributed by atoms with Crippen LogP contribution in [0, 0.1) is 0 Å². The van der Waals surface area contributed by atoms with Gasteiger partial charge in [0.1, 0.15) is 9.84 Å². The monoisotopic (exact) mass is 260 g/mol. The van der Waals surface area contributed by atoms with Gasteiger partial charge in [-0.15, -0.1) is 0 Å². The predicted molar refractivity (Wildman–Crippen MR) is 69.9 cm³/mol. The summed E-state index contributed by atoms with van der Waals surface area (Å²) in [4.78, 5) is 2.42. The van der Waals surface area contributed by atoms with Crippen molar-refractivity contribution in [3.63, 3.8) is 0 Å². The van der Waals surface area contributed by atoms with Gasteiger partial charge in [-0.3, -0.25) is 4.90 Å². The number of hydrogen-bond acceptors (Lipinski definition) is 4. The van der Waals surface area contributed by atoms with E-state index in [4.69, 9.17) is 0 Å². The summed E-state index contributed by atoms with van der Waals surface area (Å²) in [5.41, 5.74) is 0.225.